The highest BCUT2D eigenvalue weighted by Crippen LogP contribution is 2.18. The number of halogens is 1. The molecule has 0 aromatic heterocycles. The lowest BCUT2D eigenvalue weighted by Gasteiger charge is -2.28. The average Bonchev–Trinajstić information content (AvgIpc) is 2.58. The lowest BCUT2D eigenvalue weighted by Crippen LogP contribution is -2.47. The van der Waals surface area contributed by atoms with Crippen LogP contribution < -0.4 is 10.6 Å². The van der Waals surface area contributed by atoms with Gasteiger partial charge in [-0.15, -0.1) is 24.0 Å². The van der Waals surface area contributed by atoms with E-state index in [4.69, 9.17) is 5.26 Å². The molecule has 0 unspecified atom stereocenters. The van der Waals surface area contributed by atoms with Crippen LogP contribution in [0.2, 0.25) is 0 Å². The Kier molecular flexibility index (Phi) is 12.3. The Morgan fingerprint density at radius 3 is 2.44 bits per heavy atom. The number of nitriles is 1. The first-order valence-corrected chi connectivity index (χ1v) is 8.80. The summed E-state index contributed by atoms with van der Waals surface area (Å²) in [5.74, 6) is 0.686. The standard InChI is InChI=1S/C19H30N4O.HI/c1-4-10-19(24,11-5-2)15-23-18(21-6-3)22-14-17-9-7-8-16(12-17)13-20;/h7-9,12,24H,4-6,10-11,14-15H2,1-3H3,(H2,21,22,23);1H. The van der Waals surface area contributed by atoms with Gasteiger partial charge in [-0.05, 0) is 37.5 Å². The predicted octanol–water partition coefficient (Wildman–Crippen LogP) is 3.56. The Labute approximate surface area is 169 Å². The second-order valence-electron chi connectivity index (χ2n) is 6.09. The van der Waals surface area contributed by atoms with Crippen LogP contribution in [0.1, 0.15) is 57.6 Å². The van der Waals surface area contributed by atoms with Gasteiger partial charge < -0.3 is 15.7 Å². The van der Waals surface area contributed by atoms with Gasteiger partial charge in [-0.2, -0.15) is 5.26 Å². The minimum Gasteiger partial charge on any atom is -0.388 e. The molecule has 0 radical (unpaired) electrons. The molecule has 0 heterocycles. The third kappa shape index (κ3) is 9.07. The fourth-order valence-corrected chi connectivity index (χ4v) is 2.73. The molecule has 1 aromatic carbocycles. The zero-order valence-corrected chi connectivity index (χ0v) is 17.8. The van der Waals surface area contributed by atoms with Crippen LogP contribution in [-0.2, 0) is 6.54 Å². The van der Waals surface area contributed by atoms with E-state index in [1.54, 1.807) is 6.07 Å². The molecule has 0 aliphatic rings. The van der Waals surface area contributed by atoms with Crippen LogP contribution >= 0.6 is 24.0 Å². The van der Waals surface area contributed by atoms with Gasteiger partial charge in [0.1, 0.15) is 0 Å². The van der Waals surface area contributed by atoms with Gasteiger partial charge in [0.15, 0.2) is 5.96 Å². The smallest absolute Gasteiger partial charge is 0.191 e. The van der Waals surface area contributed by atoms with Gasteiger partial charge in [0.05, 0.1) is 23.8 Å². The molecule has 1 rings (SSSR count). The molecule has 0 aliphatic carbocycles. The van der Waals surface area contributed by atoms with Crippen molar-refractivity contribution in [3.8, 4) is 6.07 Å². The fourth-order valence-electron chi connectivity index (χ4n) is 2.73. The van der Waals surface area contributed by atoms with Gasteiger partial charge in [0, 0.05) is 13.1 Å². The first kappa shape index (κ1) is 23.7. The maximum Gasteiger partial charge on any atom is 0.191 e. The van der Waals surface area contributed by atoms with Gasteiger partial charge >= 0.3 is 0 Å². The Bertz CT molecular complexity index is 563. The molecule has 0 saturated carbocycles. The summed E-state index contributed by atoms with van der Waals surface area (Å²) >= 11 is 0. The van der Waals surface area contributed by atoms with Crippen LogP contribution in [0.3, 0.4) is 0 Å². The normalized spacial score (nSPS) is 11.4. The van der Waals surface area contributed by atoms with E-state index in [1.165, 1.54) is 0 Å². The summed E-state index contributed by atoms with van der Waals surface area (Å²) in [5, 5.41) is 26.1. The second-order valence-corrected chi connectivity index (χ2v) is 6.09. The van der Waals surface area contributed by atoms with E-state index in [0.717, 1.165) is 37.8 Å². The number of nitrogens with zero attached hydrogens (tertiary/aromatic N) is 2. The first-order chi connectivity index (χ1) is 11.6. The molecule has 0 aliphatic heterocycles. The maximum atomic E-state index is 10.7. The van der Waals surface area contributed by atoms with E-state index in [-0.39, 0.29) is 24.0 Å². The van der Waals surface area contributed by atoms with Gasteiger partial charge in [0.25, 0.3) is 0 Å². The van der Waals surface area contributed by atoms with Crippen molar-refractivity contribution in [2.24, 2.45) is 4.99 Å². The maximum absolute atomic E-state index is 10.7. The Hall–Kier alpha value is -1.33. The van der Waals surface area contributed by atoms with Crippen molar-refractivity contribution in [3.05, 3.63) is 35.4 Å². The molecule has 140 valence electrons. The molecule has 3 N–H and O–H groups in total. The molecular weight excluding hydrogens is 427 g/mol. The van der Waals surface area contributed by atoms with Gasteiger partial charge in [0.2, 0.25) is 0 Å². The van der Waals surface area contributed by atoms with Crippen LogP contribution in [-0.4, -0.2) is 29.8 Å². The van der Waals surface area contributed by atoms with E-state index in [1.807, 2.05) is 25.1 Å². The van der Waals surface area contributed by atoms with Crippen molar-refractivity contribution < 1.29 is 5.11 Å². The number of aliphatic imine (C=N–C) groups is 1. The van der Waals surface area contributed by atoms with Crippen molar-refractivity contribution >= 4 is 29.9 Å². The summed E-state index contributed by atoms with van der Waals surface area (Å²) in [6.07, 6.45) is 3.45. The number of guanidine groups is 1. The number of nitrogens with one attached hydrogen (secondary N) is 2. The molecule has 0 saturated heterocycles. The van der Waals surface area contributed by atoms with Crippen LogP contribution in [0.5, 0.6) is 0 Å². The minimum absolute atomic E-state index is 0. The van der Waals surface area contributed by atoms with Crippen LogP contribution in [0.15, 0.2) is 29.3 Å². The Morgan fingerprint density at radius 1 is 1.20 bits per heavy atom. The lowest BCUT2D eigenvalue weighted by atomic mass is 9.93. The predicted molar refractivity (Wildman–Crippen MR) is 114 cm³/mol. The van der Waals surface area contributed by atoms with Crippen LogP contribution in [0.4, 0.5) is 0 Å². The van der Waals surface area contributed by atoms with E-state index in [2.05, 4.69) is 35.5 Å². The van der Waals surface area contributed by atoms with E-state index in [9.17, 15) is 5.11 Å². The first-order valence-electron chi connectivity index (χ1n) is 8.80. The highest BCUT2D eigenvalue weighted by Gasteiger charge is 2.24. The van der Waals surface area contributed by atoms with Gasteiger partial charge in [-0.25, -0.2) is 4.99 Å². The lowest BCUT2D eigenvalue weighted by molar-refractivity contribution is 0.0257. The van der Waals surface area contributed by atoms with Crippen LogP contribution in [0.25, 0.3) is 0 Å². The topological polar surface area (TPSA) is 80.4 Å². The van der Waals surface area contributed by atoms with Crippen LogP contribution in [0, 0.1) is 11.3 Å². The molecule has 0 fully saturated rings. The molecule has 1 aromatic rings. The number of benzene rings is 1. The average molecular weight is 458 g/mol. The third-order valence-corrected chi connectivity index (χ3v) is 3.84. The van der Waals surface area contributed by atoms with Crippen molar-refractivity contribution in [2.75, 3.05) is 13.1 Å². The van der Waals surface area contributed by atoms with Crippen molar-refractivity contribution in [3.63, 3.8) is 0 Å². The summed E-state index contributed by atoms with van der Waals surface area (Å²) < 4.78 is 0. The number of aliphatic hydroxyl groups is 1. The molecular formula is C19H31IN4O. The van der Waals surface area contributed by atoms with Gasteiger partial charge in [-0.1, -0.05) is 38.8 Å². The SMILES string of the molecule is CCCC(O)(CCC)CNC(=NCc1cccc(C#N)c1)NCC.I. The monoisotopic (exact) mass is 458 g/mol. The van der Waals surface area contributed by atoms with Crippen molar-refractivity contribution in [2.45, 2.75) is 58.6 Å². The Balaban J connectivity index is 0.00000576. The third-order valence-electron chi connectivity index (χ3n) is 3.84. The molecule has 25 heavy (non-hydrogen) atoms. The molecule has 0 bridgehead atoms. The minimum atomic E-state index is -0.694. The quantitative estimate of drug-likeness (QED) is 0.300. The van der Waals surface area contributed by atoms with E-state index >= 15 is 0 Å². The van der Waals surface area contributed by atoms with E-state index < -0.39 is 5.60 Å². The summed E-state index contributed by atoms with van der Waals surface area (Å²) in [6.45, 7) is 7.91. The molecule has 5 nitrogen and oxygen atoms in total. The molecule has 6 heteroatoms. The van der Waals surface area contributed by atoms with E-state index in [0.29, 0.717) is 24.6 Å². The zero-order chi connectivity index (χ0) is 17.8. The largest absolute Gasteiger partial charge is 0.388 e. The van der Waals surface area contributed by atoms with Gasteiger partial charge in [-0.3, -0.25) is 0 Å². The number of hydrogen-bond donors (Lipinski definition) is 3. The number of rotatable bonds is 9. The molecule has 0 spiro atoms. The molecule has 0 atom stereocenters. The second kappa shape index (κ2) is 13.0. The summed E-state index contributed by atoms with van der Waals surface area (Å²) in [7, 11) is 0. The number of hydrogen-bond acceptors (Lipinski definition) is 3. The van der Waals surface area contributed by atoms with Crippen molar-refractivity contribution in [1.29, 1.82) is 5.26 Å². The summed E-state index contributed by atoms with van der Waals surface area (Å²) in [5.41, 5.74) is 0.935. The molecule has 0 amide bonds. The Morgan fingerprint density at radius 2 is 1.88 bits per heavy atom. The highest BCUT2D eigenvalue weighted by atomic mass is 127. The van der Waals surface area contributed by atoms with Crippen molar-refractivity contribution in [1.82, 2.24) is 10.6 Å². The summed E-state index contributed by atoms with van der Waals surface area (Å²) in [4.78, 5) is 4.56. The summed E-state index contributed by atoms with van der Waals surface area (Å²) in [6, 6.07) is 9.59. The highest BCUT2D eigenvalue weighted by molar-refractivity contribution is 14.0. The zero-order valence-electron chi connectivity index (χ0n) is 15.5. The fraction of sp³-hybridized carbons (Fsp3) is 0.579.